The van der Waals surface area contributed by atoms with Gasteiger partial charge in [0.25, 0.3) is 0 Å². The second kappa shape index (κ2) is 6.33. The Bertz CT molecular complexity index is 554. The van der Waals surface area contributed by atoms with Crippen LogP contribution in [-0.2, 0) is 18.6 Å². The van der Waals surface area contributed by atoms with Crippen LogP contribution in [0.3, 0.4) is 0 Å². The van der Waals surface area contributed by atoms with Crippen LogP contribution >= 0.6 is 55.0 Å². The van der Waals surface area contributed by atoms with Gasteiger partial charge in [0, 0.05) is 20.0 Å². The van der Waals surface area contributed by atoms with Crippen LogP contribution in [0.5, 0.6) is 0 Å². The number of rotatable bonds is 3. The van der Waals surface area contributed by atoms with Crippen LogP contribution in [0.15, 0.2) is 34.8 Å². The highest BCUT2D eigenvalue weighted by molar-refractivity contribution is 9.10. The number of fused-ring (bicyclic) bond motifs is 1. The van der Waals surface area contributed by atoms with Crippen LogP contribution < -0.4 is 0 Å². The molecule has 2 heterocycles. The first-order valence-electron chi connectivity index (χ1n) is 6.30. The van der Waals surface area contributed by atoms with Gasteiger partial charge in [-0.25, -0.2) is 0 Å². The van der Waals surface area contributed by atoms with Crippen LogP contribution in [0.25, 0.3) is 0 Å². The maximum atomic E-state index is 3.86. The number of thioether (sulfide) groups is 1. The highest BCUT2D eigenvalue weighted by atomic mass is 79.9. The summed E-state index contributed by atoms with van der Waals surface area (Å²) in [6.45, 7) is 0. The average molecular weight is 418 g/mol. The van der Waals surface area contributed by atoms with Crippen molar-refractivity contribution in [1.29, 1.82) is 0 Å². The van der Waals surface area contributed by atoms with E-state index in [1.807, 2.05) is 11.3 Å². The summed E-state index contributed by atoms with van der Waals surface area (Å²) in [6.07, 6.45) is 2.30. The summed E-state index contributed by atoms with van der Waals surface area (Å²) in [5, 5.41) is 0. The summed E-state index contributed by atoms with van der Waals surface area (Å²) < 4.78 is 1.16. The Morgan fingerprint density at radius 3 is 2.95 bits per heavy atom. The number of hydrogen-bond donors (Lipinski definition) is 0. The predicted molar refractivity (Wildman–Crippen MR) is 93.7 cm³/mol. The average Bonchev–Trinajstić information content (AvgIpc) is 2.82. The smallest absolute Gasteiger partial charge is 0.0529 e. The molecule has 4 heteroatoms. The molecule has 1 aromatic carbocycles. The maximum absolute atomic E-state index is 3.86. The van der Waals surface area contributed by atoms with E-state index in [0.717, 1.165) is 10.9 Å². The van der Waals surface area contributed by atoms with E-state index in [9.17, 15) is 0 Å². The molecule has 3 rings (SSSR count). The van der Waals surface area contributed by atoms with E-state index in [1.54, 1.807) is 10.4 Å². The number of benzene rings is 1. The molecule has 1 aliphatic rings. The van der Waals surface area contributed by atoms with Gasteiger partial charge < -0.3 is 0 Å². The Balaban J connectivity index is 1.76. The molecule has 0 saturated heterocycles. The maximum Gasteiger partial charge on any atom is 0.0529 e. The number of alkyl halides is 1. The minimum atomic E-state index is 0.433. The van der Waals surface area contributed by atoms with Crippen LogP contribution in [-0.4, -0.2) is 5.75 Å². The molecule has 0 radical (unpaired) electrons. The van der Waals surface area contributed by atoms with Crippen molar-refractivity contribution in [3.05, 3.63) is 55.7 Å². The van der Waals surface area contributed by atoms with Gasteiger partial charge in [-0.05, 0) is 47.9 Å². The number of aryl methyl sites for hydroxylation is 1. The van der Waals surface area contributed by atoms with Gasteiger partial charge in [-0.3, -0.25) is 0 Å². The molecular formula is C15H14Br2S2. The molecule has 0 saturated carbocycles. The van der Waals surface area contributed by atoms with Crippen molar-refractivity contribution in [2.24, 2.45) is 0 Å². The zero-order valence-corrected chi connectivity index (χ0v) is 15.2. The molecule has 100 valence electrons. The van der Waals surface area contributed by atoms with Crippen molar-refractivity contribution in [3.8, 4) is 0 Å². The Hall–Kier alpha value is 0.230. The van der Waals surface area contributed by atoms with Crippen molar-refractivity contribution >= 4 is 55.0 Å². The van der Waals surface area contributed by atoms with Crippen LogP contribution in [0, 0.1) is 0 Å². The largest absolute Gasteiger partial charge is 0.157 e. The van der Waals surface area contributed by atoms with Gasteiger partial charge in [-0.15, -0.1) is 11.3 Å². The highest BCUT2D eigenvalue weighted by Gasteiger charge is 2.18. The van der Waals surface area contributed by atoms with Crippen LogP contribution in [0.2, 0.25) is 0 Å². The van der Waals surface area contributed by atoms with Gasteiger partial charge in [0.2, 0.25) is 0 Å². The Kier molecular flexibility index (Phi) is 4.73. The lowest BCUT2D eigenvalue weighted by Crippen LogP contribution is -1.96. The fraction of sp³-hybridized carbons (Fsp3) is 0.333. The first-order valence-corrected chi connectivity index (χ1v) is 9.98. The molecule has 2 aromatic rings. The minimum Gasteiger partial charge on any atom is -0.157 e. The lowest BCUT2D eigenvalue weighted by atomic mass is 10.1. The van der Waals surface area contributed by atoms with E-state index in [2.05, 4.69) is 74.0 Å². The second-order valence-corrected chi connectivity index (χ2v) is 9.00. The molecular weight excluding hydrogens is 404 g/mol. The van der Waals surface area contributed by atoms with E-state index in [-0.39, 0.29) is 0 Å². The fourth-order valence-corrected chi connectivity index (χ4v) is 5.88. The topological polar surface area (TPSA) is 0 Å². The standard InChI is InChI=1S/C15H14Br2S2/c16-12-3-1-2-10(6-12)7-13(17)15-8-11-9-18-5-4-14(11)19-15/h1-3,6,8,13H,4-5,7,9H2. The summed E-state index contributed by atoms with van der Waals surface area (Å²) in [7, 11) is 0. The highest BCUT2D eigenvalue weighted by Crippen LogP contribution is 2.38. The molecule has 0 fully saturated rings. The normalized spacial score (nSPS) is 16.1. The summed E-state index contributed by atoms with van der Waals surface area (Å²) in [6, 6.07) is 11.0. The SMILES string of the molecule is Brc1cccc(CC(Br)c2cc3c(s2)CCSC3)c1. The molecule has 1 aromatic heterocycles. The predicted octanol–water partition coefficient (Wildman–Crippen LogP) is 5.98. The number of halogens is 2. The van der Waals surface area contributed by atoms with Crippen LogP contribution in [0.1, 0.15) is 25.7 Å². The van der Waals surface area contributed by atoms with Crippen molar-refractivity contribution < 1.29 is 0 Å². The van der Waals surface area contributed by atoms with Crippen molar-refractivity contribution in [3.63, 3.8) is 0 Å². The van der Waals surface area contributed by atoms with Gasteiger partial charge in [0.15, 0.2) is 0 Å². The molecule has 0 amide bonds. The minimum absolute atomic E-state index is 0.433. The molecule has 1 atom stereocenters. The summed E-state index contributed by atoms with van der Waals surface area (Å²) in [5.74, 6) is 2.48. The van der Waals surface area contributed by atoms with Gasteiger partial charge in [0.1, 0.15) is 0 Å². The monoisotopic (exact) mass is 416 g/mol. The van der Waals surface area contributed by atoms with E-state index in [0.29, 0.717) is 4.83 Å². The third-order valence-electron chi connectivity index (χ3n) is 3.26. The molecule has 1 unspecified atom stereocenters. The lowest BCUT2D eigenvalue weighted by Gasteiger charge is -2.08. The first kappa shape index (κ1) is 14.2. The third-order valence-corrected chi connectivity index (χ3v) is 7.23. The summed E-state index contributed by atoms with van der Waals surface area (Å²) in [5.41, 5.74) is 2.94. The Labute approximate surface area is 139 Å². The van der Waals surface area contributed by atoms with Crippen molar-refractivity contribution in [2.75, 3.05) is 5.75 Å². The second-order valence-electron chi connectivity index (χ2n) is 4.70. The fourth-order valence-electron chi connectivity index (χ4n) is 2.30. The van der Waals surface area contributed by atoms with E-state index in [4.69, 9.17) is 0 Å². The Morgan fingerprint density at radius 1 is 1.26 bits per heavy atom. The molecule has 0 aliphatic carbocycles. The van der Waals surface area contributed by atoms with Crippen molar-refractivity contribution in [2.45, 2.75) is 23.4 Å². The quantitative estimate of drug-likeness (QED) is 0.553. The molecule has 0 bridgehead atoms. The molecule has 0 nitrogen and oxygen atoms in total. The van der Waals surface area contributed by atoms with E-state index >= 15 is 0 Å². The van der Waals surface area contributed by atoms with Gasteiger partial charge >= 0.3 is 0 Å². The van der Waals surface area contributed by atoms with Gasteiger partial charge in [0.05, 0.1) is 4.83 Å². The lowest BCUT2D eigenvalue weighted by molar-refractivity contribution is 0.967. The molecule has 1 aliphatic heterocycles. The Morgan fingerprint density at radius 2 is 2.16 bits per heavy atom. The van der Waals surface area contributed by atoms with Crippen LogP contribution in [0.4, 0.5) is 0 Å². The van der Waals surface area contributed by atoms with E-state index < -0.39 is 0 Å². The van der Waals surface area contributed by atoms with Gasteiger partial charge in [-0.1, -0.05) is 44.0 Å². The molecule has 0 spiro atoms. The van der Waals surface area contributed by atoms with Crippen molar-refractivity contribution in [1.82, 2.24) is 0 Å². The summed E-state index contributed by atoms with van der Waals surface area (Å²) >= 11 is 11.4. The van der Waals surface area contributed by atoms with Gasteiger partial charge in [-0.2, -0.15) is 11.8 Å². The summed E-state index contributed by atoms with van der Waals surface area (Å²) in [4.78, 5) is 3.52. The third kappa shape index (κ3) is 3.46. The molecule has 0 N–H and O–H groups in total. The first-order chi connectivity index (χ1) is 9.22. The number of thiophene rings is 1. The zero-order chi connectivity index (χ0) is 13.2. The zero-order valence-electron chi connectivity index (χ0n) is 10.4. The van der Waals surface area contributed by atoms with E-state index in [1.165, 1.54) is 28.4 Å². The number of hydrogen-bond acceptors (Lipinski definition) is 2. The molecule has 19 heavy (non-hydrogen) atoms.